The zero-order valence-electron chi connectivity index (χ0n) is 9.24. The van der Waals surface area contributed by atoms with E-state index in [1.54, 1.807) is 19.2 Å². The van der Waals surface area contributed by atoms with Crippen LogP contribution in [0.15, 0.2) is 22.7 Å². The molecule has 0 saturated heterocycles. The number of alkyl halides is 1. The van der Waals surface area contributed by atoms with Gasteiger partial charge in [0.15, 0.2) is 0 Å². The summed E-state index contributed by atoms with van der Waals surface area (Å²) in [6, 6.07) is 4.58. The molecular weight excluding hydrogens is 354 g/mol. The van der Waals surface area contributed by atoms with E-state index in [1.165, 1.54) is 6.07 Å². The minimum atomic E-state index is -0.241. The number of amides is 1. The number of methoxy groups -OCH3 is 1. The highest BCUT2D eigenvalue weighted by Crippen LogP contribution is 2.24. The molecular formula is C11H13Br2NO3. The summed E-state index contributed by atoms with van der Waals surface area (Å²) in [5.41, 5.74) is 0.410. The van der Waals surface area contributed by atoms with Gasteiger partial charge in [-0.25, -0.2) is 0 Å². The lowest BCUT2D eigenvalue weighted by molar-refractivity contribution is 0.0907. The zero-order valence-corrected chi connectivity index (χ0v) is 12.4. The van der Waals surface area contributed by atoms with Crippen molar-refractivity contribution in [3.05, 3.63) is 28.2 Å². The van der Waals surface area contributed by atoms with Crippen molar-refractivity contribution < 1.29 is 14.6 Å². The number of carbonyl (C=O) groups excluding carboxylic acids is 1. The molecule has 0 radical (unpaired) electrons. The van der Waals surface area contributed by atoms with Crippen LogP contribution in [-0.2, 0) is 4.74 Å². The van der Waals surface area contributed by atoms with Gasteiger partial charge >= 0.3 is 0 Å². The Bertz CT molecular complexity index is 398. The maximum absolute atomic E-state index is 11.8. The maximum atomic E-state index is 11.8. The van der Waals surface area contributed by atoms with Gasteiger partial charge < -0.3 is 15.2 Å². The number of rotatable bonds is 5. The number of ether oxygens (including phenoxy) is 1. The molecule has 4 nitrogen and oxygen atoms in total. The van der Waals surface area contributed by atoms with E-state index in [1.807, 2.05) is 0 Å². The van der Waals surface area contributed by atoms with Crippen molar-refractivity contribution in [3.8, 4) is 5.75 Å². The molecule has 1 aromatic carbocycles. The van der Waals surface area contributed by atoms with E-state index in [2.05, 4.69) is 37.2 Å². The molecule has 1 atom stereocenters. The second-order valence-electron chi connectivity index (χ2n) is 3.45. The number of hydrogen-bond acceptors (Lipinski definition) is 3. The molecule has 17 heavy (non-hydrogen) atoms. The van der Waals surface area contributed by atoms with Crippen molar-refractivity contribution in [2.75, 3.05) is 19.0 Å². The monoisotopic (exact) mass is 365 g/mol. The van der Waals surface area contributed by atoms with Gasteiger partial charge in [0.1, 0.15) is 5.75 Å². The summed E-state index contributed by atoms with van der Waals surface area (Å²) in [7, 11) is 1.58. The van der Waals surface area contributed by atoms with Gasteiger partial charge in [-0.3, -0.25) is 4.79 Å². The van der Waals surface area contributed by atoms with E-state index in [4.69, 9.17) is 4.74 Å². The summed E-state index contributed by atoms with van der Waals surface area (Å²) in [6.07, 6.45) is 0. The first-order valence-electron chi connectivity index (χ1n) is 4.92. The first-order chi connectivity index (χ1) is 8.08. The molecule has 0 bridgehead atoms. The van der Waals surface area contributed by atoms with Crippen LogP contribution in [0, 0.1) is 0 Å². The van der Waals surface area contributed by atoms with Crippen LogP contribution in [-0.4, -0.2) is 36.1 Å². The van der Waals surface area contributed by atoms with Gasteiger partial charge in [-0.2, -0.15) is 0 Å². The number of halogens is 2. The molecule has 0 aliphatic heterocycles. The summed E-state index contributed by atoms with van der Waals surface area (Å²) in [6.45, 7) is 0.430. The Hall–Kier alpha value is -0.590. The largest absolute Gasteiger partial charge is 0.507 e. The van der Waals surface area contributed by atoms with Crippen molar-refractivity contribution in [2.24, 2.45) is 0 Å². The van der Waals surface area contributed by atoms with Gasteiger partial charge in [-0.05, 0) is 34.1 Å². The molecule has 94 valence electrons. The fourth-order valence-corrected chi connectivity index (χ4v) is 1.84. The zero-order chi connectivity index (χ0) is 12.8. The smallest absolute Gasteiger partial charge is 0.251 e. The average Bonchev–Trinajstić information content (AvgIpc) is 2.31. The molecule has 0 fully saturated rings. The number of nitrogens with one attached hydrogen (secondary N) is 1. The molecule has 6 heteroatoms. The number of benzene rings is 1. The van der Waals surface area contributed by atoms with E-state index in [-0.39, 0.29) is 17.7 Å². The van der Waals surface area contributed by atoms with Crippen LogP contribution < -0.4 is 5.32 Å². The second-order valence-corrected chi connectivity index (χ2v) is 4.95. The summed E-state index contributed by atoms with van der Waals surface area (Å²) >= 11 is 6.45. The van der Waals surface area contributed by atoms with Crippen molar-refractivity contribution in [3.63, 3.8) is 0 Å². The Kier molecular flexibility index (Phi) is 5.94. The molecule has 1 amide bonds. The van der Waals surface area contributed by atoms with E-state index in [0.717, 1.165) is 0 Å². The number of phenols is 1. The summed E-state index contributed by atoms with van der Waals surface area (Å²) in [4.78, 5) is 11.8. The van der Waals surface area contributed by atoms with Crippen LogP contribution in [0.25, 0.3) is 0 Å². The Morgan fingerprint density at radius 1 is 1.59 bits per heavy atom. The normalized spacial score (nSPS) is 12.2. The molecule has 0 saturated carbocycles. The quantitative estimate of drug-likeness (QED) is 0.786. The minimum Gasteiger partial charge on any atom is -0.507 e. The Labute approximate surface area is 117 Å². The average molecular weight is 367 g/mol. The SMILES string of the molecule is COCC(CBr)NC(=O)c1ccc(Br)c(O)c1. The van der Waals surface area contributed by atoms with Crippen LogP contribution in [0.4, 0.5) is 0 Å². The van der Waals surface area contributed by atoms with Gasteiger partial charge in [-0.15, -0.1) is 0 Å². The molecule has 2 N–H and O–H groups in total. The standard InChI is InChI=1S/C11H13Br2NO3/c1-17-6-8(5-12)14-11(16)7-2-3-9(13)10(15)4-7/h2-4,8,15H,5-6H2,1H3,(H,14,16). The van der Waals surface area contributed by atoms with Crippen molar-refractivity contribution in [2.45, 2.75) is 6.04 Å². The van der Waals surface area contributed by atoms with E-state index in [0.29, 0.717) is 22.0 Å². The van der Waals surface area contributed by atoms with Crippen LogP contribution in [0.3, 0.4) is 0 Å². The van der Waals surface area contributed by atoms with E-state index < -0.39 is 0 Å². The number of hydrogen-bond donors (Lipinski definition) is 2. The lowest BCUT2D eigenvalue weighted by atomic mass is 10.2. The predicted molar refractivity (Wildman–Crippen MR) is 72.7 cm³/mol. The Balaban J connectivity index is 2.72. The van der Waals surface area contributed by atoms with Crippen LogP contribution in [0.5, 0.6) is 5.75 Å². The lowest BCUT2D eigenvalue weighted by Gasteiger charge is -2.15. The lowest BCUT2D eigenvalue weighted by Crippen LogP contribution is -2.39. The van der Waals surface area contributed by atoms with Gasteiger partial charge in [0, 0.05) is 18.0 Å². The summed E-state index contributed by atoms with van der Waals surface area (Å²) in [5.74, 6) is -0.200. The number of phenolic OH excluding ortho intramolecular Hbond substituents is 1. The van der Waals surface area contributed by atoms with Gasteiger partial charge in [0.2, 0.25) is 0 Å². The molecule has 1 aromatic rings. The van der Waals surface area contributed by atoms with Crippen molar-refractivity contribution >= 4 is 37.8 Å². The van der Waals surface area contributed by atoms with Crippen LogP contribution >= 0.6 is 31.9 Å². The summed E-state index contributed by atoms with van der Waals surface area (Å²) in [5, 5.41) is 12.9. The molecule has 0 aliphatic carbocycles. The molecule has 0 aliphatic rings. The van der Waals surface area contributed by atoms with Gasteiger partial charge in [0.05, 0.1) is 17.1 Å². The highest BCUT2D eigenvalue weighted by atomic mass is 79.9. The third kappa shape index (κ3) is 4.29. The van der Waals surface area contributed by atoms with Crippen molar-refractivity contribution in [1.29, 1.82) is 0 Å². The maximum Gasteiger partial charge on any atom is 0.251 e. The fraction of sp³-hybridized carbons (Fsp3) is 0.364. The fourth-order valence-electron chi connectivity index (χ4n) is 1.25. The van der Waals surface area contributed by atoms with E-state index in [9.17, 15) is 9.90 Å². The highest BCUT2D eigenvalue weighted by molar-refractivity contribution is 9.10. The molecule has 1 unspecified atom stereocenters. The first kappa shape index (κ1) is 14.5. The molecule has 1 rings (SSSR count). The van der Waals surface area contributed by atoms with Crippen LogP contribution in [0.1, 0.15) is 10.4 Å². The van der Waals surface area contributed by atoms with E-state index >= 15 is 0 Å². The highest BCUT2D eigenvalue weighted by Gasteiger charge is 2.13. The molecule has 0 spiro atoms. The van der Waals surface area contributed by atoms with Crippen LogP contribution in [0.2, 0.25) is 0 Å². The van der Waals surface area contributed by atoms with Gasteiger partial charge in [-0.1, -0.05) is 15.9 Å². The predicted octanol–water partition coefficient (Wildman–Crippen LogP) is 2.29. The third-order valence-electron chi connectivity index (χ3n) is 2.10. The number of carbonyl (C=O) groups is 1. The summed E-state index contributed by atoms with van der Waals surface area (Å²) < 4.78 is 5.53. The minimum absolute atomic E-state index is 0.0415. The Morgan fingerprint density at radius 2 is 2.29 bits per heavy atom. The first-order valence-corrected chi connectivity index (χ1v) is 6.84. The van der Waals surface area contributed by atoms with Crippen molar-refractivity contribution in [1.82, 2.24) is 5.32 Å². The van der Waals surface area contributed by atoms with Gasteiger partial charge in [0.25, 0.3) is 5.91 Å². The topological polar surface area (TPSA) is 58.6 Å². The third-order valence-corrected chi connectivity index (χ3v) is 3.55. The Morgan fingerprint density at radius 3 is 2.82 bits per heavy atom. The molecule has 0 heterocycles. The number of aromatic hydroxyl groups is 1. The second kappa shape index (κ2) is 6.98. The molecule has 0 aromatic heterocycles.